The number of nitrogens with two attached hydrogens (primary N) is 1. The van der Waals surface area contributed by atoms with Crippen molar-refractivity contribution in [3.05, 3.63) is 29.6 Å². The Labute approximate surface area is 76.2 Å². The molecule has 0 unspecified atom stereocenters. The number of nitrogen functional groups attached to an aromatic ring is 1. The number of anilines is 1. The van der Waals surface area contributed by atoms with Gasteiger partial charge in [-0.2, -0.15) is 0 Å². The molecule has 0 fully saturated rings. The quantitative estimate of drug-likeness (QED) is 0.501. The Morgan fingerprint density at radius 2 is 2.23 bits per heavy atom. The van der Waals surface area contributed by atoms with Gasteiger partial charge in [-0.1, -0.05) is 17.9 Å². The van der Waals surface area contributed by atoms with Crippen molar-refractivity contribution in [2.24, 2.45) is 0 Å². The van der Waals surface area contributed by atoms with E-state index in [4.69, 9.17) is 10.8 Å². The predicted molar refractivity (Wildman–Crippen MR) is 49.4 cm³/mol. The van der Waals surface area contributed by atoms with Gasteiger partial charge in [0.15, 0.2) is 5.82 Å². The maximum Gasteiger partial charge on any atom is 0.161 e. The Morgan fingerprint density at radius 3 is 2.92 bits per heavy atom. The second-order valence-corrected chi connectivity index (χ2v) is 2.48. The SMILES string of the molecule is Nc1cccc(C#CCCO)c1F. The minimum absolute atomic E-state index is 0.0169. The maximum absolute atomic E-state index is 13.1. The van der Waals surface area contributed by atoms with Crippen molar-refractivity contribution in [3.63, 3.8) is 0 Å². The summed E-state index contributed by atoms with van der Waals surface area (Å²) in [4.78, 5) is 0. The largest absolute Gasteiger partial charge is 0.396 e. The molecule has 0 spiro atoms. The first-order valence-electron chi connectivity index (χ1n) is 3.89. The van der Waals surface area contributed by atoms with E-state index in [0.717, 1.165) is 0 Å². The molecule has 0 saturated carbocycles. The monoisotopic (exact) mass is 179 g/mol. The van der Waals surface area contributed by atoms with Gasteiger partial charge in [0.1, 0.15) is 0 Å². The van der Waals surface area contributed by atoms with Crippen molar-refractivity contribution in [1.82, 2.24) is 0 Å². The van der Waals surface area contributed by atoms with Crippen LogP contribution in [0.25, 0.3) is 0 Å². The Balaban J connectivity index is 2.91. The summed E-state index contributed by atoms with van der Waals surface area (Å²) in [7, 11) is 0. The van der Waals surface area contributed by atoms with Crippen LogP contribution in [-0.2, 0) is 0 Å². The van der Waals surface area contributed by atoms with E-state index < -0.39 is 5.82 Å². The second-order valence-electron chi connectivity index (χ2n) is 2.48. The normalized spacial score (nSPS) is 9.08. The molecule has 68 valence electrons. The number of aliphatic hydroxyl groups is 1. The lowest BCUT2D eigenvalue weighted by atomic mass is 10.2. The van der Waals surface area contributed by atoms with Gasteiger partial charge in [-0.3, -0.25) is 0 Å². The summed E-state index contributed by atoms with van der Waals surface area (Å²) in [6.45, 7) is -0.0169. The van der Waals surface area contributed by atoms with Gasteiger partial charge in [0, 0.05) is 6.42 Å². The number of halogens is 1. The zero-order chi connectivity index (χ0) is 9.68. The molecule has 0 amide bonds. The van der Waals surface area contributed by atoms with Crippen molar-refractivity contribution in [1.29, 1.82) is 0 Å². The third-order valence-electron chi connectivity index (χ3n) is 1.49. The van der Waals surface area contributed by atoms with Gasteiger partial charge in [0.2, 0.25) is 0 Å². The number of rotatable bonds is 1. The summed E-state index contributed by atoms with van der Waals surface area (Å²) in [5.74, 6) is 4.72. The van der Waals surface area contributed by atoms with Gasteiger partial charge in [0.05, 0.1) is 17.9 Å². The van der Waals surface area contributed by atoms with Crippen LogP contribution in [0.15, 0.2) is 18.2 Å². The van der Waals surface area contributed by atoms with Gasteiger partial charge in [0.25, 0.3) is 0 Å². The Bertz CT molecular complexity index is 352. The molecule has 2 nitrogen and oxygen atoms in total. The molecule has 0 aliphatic carbocycles. The van der Waals surface area contributed by atoms with Gasteiger partial charge < -0.3 is 10.8 Å². The number of hydrogen-bond donors (Lipinski definition) is 2. The molecule has 0 atom stereocenters. The molecule has 1 rings (SSSR count). The Kier molecular flexibility index (Phi) is 3.30. The van der Waals surface area contributed by atoms with E-state index in [1.54, 1.807) is 12.1 Å². The summed E-state index contributed by atoms with van der Waals surface area (Å²) in [6, 6.07) is 4.67. The Hall–Kier alpha value is -1.53. The third kappa shape index (κ3) is 2.46. The van der Waals surface area contributed by atoms with Crippen LogP contribution in [0.5, 0.6) is 0 Å². The van der Waals surface area contributed by atoms with Crippen LogP contribution in [0.3, 0.4) is 0 Å². The minimum Gasteiger partial charge on any atom is -0.396 e. The first-order valence-corrected chi connectivity index (χ1v) is 3.89. The fraction of sp³-hybridized carbons (Fsp3) is 0.200. The zero-order valence-corrected chi connectivity index (χ0v) is 7.05. The van der Waals surface area contributed by atoms with Crippen molar-refractivity contribution in [3.8, 4) is 11.8 Å². The molecule has 0 radical (unpaired) electrons. The molecule has 13 heavy (non-hydrogen) atoms. The molecule has 3 N–H and O–H groups in total. The van der Waals surface area contributed by atoms with E-state index in [1.807, 2.05) is 0 Å². The van der Waals surface area contributed by atoms with E-state index in [-0.39, 0.29) is 17.9 Å². The number of benzene rings is 1. The topological polar surface area (TPSA) is 46.2 Å². The molecule has 0 heterocycles. The molecule has 1 aromatic carbocycles. The minimum atomic E-state index is -0.493. The highest BCUT2D eigenvalue weighted by Crippen LogP contribution is 2.12. The second kappa shape index (κ2) is 4.48. The average molecular weight is 179 g/mol. The highest BCUT2D eigenvalue weighted by atomic mass is 19.1. The van der Waals surface area contributed by atoms with Crippen LogP contribution in [0.1, 0.15) is 12.0 Å². The molecule has 0 aromatic heterocycles. The molecule has 0 saturated heterocycles. The van der Waals surface area contributed by atoms with Crippen molar-refractivity contribution in [2.45, 2.75) is 6.42 Å². The molecule has 0 bridgehead atoms. The fourth-order valence-electron chi connectivity index (χ4n) is 0.860. The van der Waals surface area contributed by atoms with E-state index in [9.17, 15) is 4.39 Å². The molecular formula is C10H10FNO. The number of aliphatic hydroxyl groups excluding tert-OH is 1. The summed E-state index contributed by atoms with van der Waals surface area (Å²) < 4.78 is 13.1. The van der Waals surface area contributed by atoms with Gasteiger partial charge in [-0.25, -0.2) is 4.39 Å². The molecule has 0 aliphatic heterocycles. The summed E-state index contributed by atoms with van der Waals surface area (Å²) >= 11 is 0. The van der Waals surface area contributed by atoms with Gasteiger partial charge in [-0.15, -0.1) is 0 Å². The summed E-state index contributed by atoms with van der Waals surface area (Å²) in [6.07, 6.45) is 0.342. The summed E-state index contributed by atoms with van der Waals surface area (Å²) in [5, 5.41) is 8.45. The number of hydrogen-bond acceptors (Lipinski definition) is 2. The van der Waals surface area contributed by atoms with Crippen LogP contribution in [-0.4, -0.2) is 11.7 Å². The lowest BCUT2D eigenvalue weighted by Crippen LogP contribution is -1.92. The molecule has 0 aliphatic rings. The lowest BCUT2D eigenvalue weighted by molar-refractivity contribution is 0.305. The van der Waals surface area contributed by atoms with E-state index in [1.165, 1.54) is 6.07 Å². The van der Waals surface area contributed by atoms with E-state index in [2.05, 4.69) is 11.8 Å². The van der Waals surface area contributed by atoms with Crippen LogP contribution >= 0.6 is 0 Å². The smallest absolute Gasteiger partial charge is 0.161 e. The van der Waals surface area contributed by atoms with Gasteiger partial charge >= 0.3 is 0 Å². The molecular weight excluding hydrogens is 169 g/mol. The zero-order valence-electron chi connectivity index (χ0n) is 7.05. The lowest BCUT2D eigenvalue weighted by Gasteiger charge is -1.96. The van der Waals surface area contributed by atoms with E-state index in [0.29, 0.717) is 6.42 Å². The highest BCUT2D eigenvalue weighted by Gasteiger charge is 2.00. The van der Waals surface area contributed by atoms with Crippen molar-refractivity contribution >= 4 is 5.69 Å². The molecule has 1 aromatic rings. The molecule has 3 heteroatoms. The fourth-order valence-corrected chi connectivity index (χ4v) is 0.860. The third-order valence-corrected chi connectivity index (χ3v) is 1.49. The standard InChI is InChI=1S/C10H10FNO/c11-10-8(4-1-2-7-13)5-3-6-9(10)12/h3,5-6,13H,2,7,12H2. The van der Waals surface area contributed by atoms with Crippen LogP contribution < -0.4 is 5.73 Å². The maximum atomic E-state index is 13.1. The first kappa shape index (κ1) is 9.56. The van der Waals surface area contributed by atoms with Crippen LogP contribution in [0.4, 0.5) is 10.1 Å². The average Bonchev–Trinajstić information content (AvgIpc) is 2.13. The van der Waals surface area contributed by atoms with Crippen LogP contribution in [0.2, 0.25) is 0 Å². The summed E-state index contributed by atoms with van der Waals surface area (Å²) in [5.41, 5.74) is 5.70. The predicted octanol–water partition coefficient (Wildman–Crippen LogP) is 1.14. The van der Waals surface area contributed by atoms with Crippen LogP contribution in [0, 0.1) is 17.7 Å². The Morgan fingerprint density at radius 1 is 1.46 bits per heavy atom. The highest BCUT2D eigenvalue weighted by molar-refractivity contribution is 5.48. The van der Waals surface area contributed by atoms with Gasteiger partial charge in [-0.05, 0) is 12.1 Å². The first-order chi connectivity index (χ1) is 6.25. The van der Waals surface area contributed by atoms with E-state index >= 15 is 0 Å². The van der Waals surface area contributed by atoms with Crippen molar-refractivity contribution in [2.75, 3.05) is 12.3 Å². The van der Waals surface area contributed by atoms with Crippen molar-refractivity contribution < 1.29 is 9.50 Å².